The Kier molecular flexibility index (Phi) is 1.89. The molecule has 4 nitrogen and oxygen atoms in total. The molecule has 1 aliphatic rings. The molecule has 1 atom stereocenters. The van der Waals surface area contributed by atoms with Crippen LogP contribution in [0.4, 0.5) is 4.39 Å². The van der Waals surface area contributed by atoms with E-state index >= 15 is 0 Å². The average molecular weight is 159 g/mol. The van der Waals surface area contributed by atoms with Gasteiger partial charge in [0.25, 0.3) is 0 Å². The lowest BCUT2D eigenvalue weighted by Gasteiger charge is -2.07. The topological polar surface area (TPSA) is 63.4 Å². The molecule has 1 rings (SSSR count). The van der Waals surface area contributed by atoms with Crippen molar-refractivity contribution in [1.29, 1.82) is 0 Å². The van der Waals surface area contributed by atoms with Crippen LogP contribution < -0.4 is 0 Å². The lowest BCUT2D eigenvalue weighted by atomic mass is 10.1. The van der Waals surface area contributed by atoms with Crippen molar-refractivity contribution in [3.05, 3.63) is 33.9 Å². The quantitative estimate of drug-likeness (QED) is 0.463. The predicted molar refractivity (Wildman–Crippen MR) is 35.3 cm³/mol. The van der Waals surface area contributed by atoms with E-state index in [0.717, 1.165) is 6.08 Å². The van der Waals surface area contributed by atoms with E-state index in [1.807, 2.05) is 0 Å². The van der Waals surface area contributed by atoms with Gasteiger partial charge < -0.3 is 5.11 Å². The van der Waals surface area contributed by atoms with Gasteiger partial charge in [0.1, 0.15) is 11.6 Å². The number of aliphatic hydroxyl groups excluding tert-OH is 1. The number of rotatable bonds is 1. The first-order valence-electron chi connectivity index (χ1n) is 3.00. The SMILES string of the molecule is O=[N+]([O-])C1C=CC(O)=C(F)C1. The number of nitro groups is 1. The van der Waals surface area contributed by atoms with Gasteiger partial charge >= 0.3 is 0 Å². The fourth-order valence-electron chi connectivity index (χ4n) is 0.794. The van der Waals surface area contributed by atoms with Crippen molar-refractivity contribution in [2.45, 2.75) is 12.5 Å². The van der Waals surface area contributed by atoms with Crippen molar-refractivity contribution >= 4 is 0 Å². The molecule has 0 fully saturated rings. The van der Waals surface area contributed by atoms with Gasteiger partial charge in [-0.1, -0.05) is 0 Å². The molecule has 0 saturated heterocycles. The highest BCUT2D eigenvalue weighted by Gasteiger charge is 2.23. The molecule has 0 aromatic rings. The molecule has 0 bridgehead atoms. The predicted octanol–water partition coefficient (Wildman–Crippen LogP) is 1.33. The van der Waals surface area contributed by atoms with Gasteiger partial charge in [0.15, 0.2) is 0 Å². The third kappa shape index (κ3) is 1.54. The molecule has 1 unspecified atom stereocenters. The second kappa shape index (κ2) is 2.69. The third-order valence-corrected chi connectivity index (χ3v) is 1.41. The third-order valence-electron chi connectivity index (χ3n) is 1.41. The molecule has 0 amide bonds. The molecule has 0 saturated carbocycles. The van der Waals surface area contributed by atoms with Crippen LogP contribution in [0, 0.1) is 10.1 Å². The maximum Gasteiger partial charge on any atom is 0.238 e. The maximum absolute atomic E-state index is 12.5. The largest absolute Gasteiger partial charge is 0.505 e. The van der Waals surface area contributed by atoms with Gasteiger partial charge in [0, 0.05) is 4.92 Å². The first-order chi connectivity index (χ1) is 5.11. The summed E-state index contributed by atoms with van der Waals surface area (Å²) < 4.78 is 12.5. The Morgan fingerprint density at radius 3 is 2.91 bits per heavy atom. The summed E-state index contributed by atoms with van der Waals surface area (Å²) in [5.74, 6) is -1.34. The molecule has 5 heteroatoms. The zero-order valence-corrected chi connectivity index (χ0v) is 5.53. The Morgan fingerprint density at radius 2 is 2.45 bits per heavy atom. The molecule has 0 aromatic carbocycles. The Balaban J connectivity index is 2.74. The first-order valence-corrected chi connectivity index (χ1v) is 3.00. The van der Waals surface area contributed by atoms with E-state index in [2.05, 4.69) is 0 Å². The summed E-state index contributed by atoms with van der Waals surface area (Å²) in [4.78, 5) is 9.50. The molecule has 1 aliphatic carbocycles. The Labute approximate surface area is 61.8 Å². The van der Waals surface area contributed by atoms with E-state index < -0.39 is 22.6 Å². The molecule has 11 heavy (non-hydrogen) atoms. The van der Waals surface area contributed by atoms with Crippen molar-refractivity contribution < 1.29 is 14.4 Å². The molecular formula is C6H6FNO3. The standard InChI is InChI=1S/C6H6FNO3/c7-5-3-4(8(10)11)1-2-6(5)9/h1-2,4,9H,3H2. The minimum Gasteiger partial charge on any atom is -0.505 e. The van der Waals surface area contributed by atoms with Crippen LogP contribution in [0.25, 0.3) is 0 Å². The lowest BCUT2D eigenvalue weighted by Crippen LogP contribution is -2.19. The van der Waals surface area contributed by atoms with E-state index in [-0.39, 0.29) is 6.42 Å². The molecule has 1 N–H and O–H groups in total. The van der Waals surface area contributed by atoms with Crippen molar-refractivity contribution in [3.8, 4) is 0 Å². The summed E-state index contributed by atoms with van der Waals surface area (Å²) in [6, 6.07) is -1.04. The molecule has 60 valence electrons. The van der Waals surface area contributed by atoms with Crippen molar-refractivity contribution in [2.24, 2.45) is 0 Å². The normalized spacial score (nSPS) is 23.9. The fraction of sp³-hybridized carbons (Fsp3) is 0.333. The number of hydrogen-bond acceptors (Lipinski definition) is 3. The highest BCUT2D eigenvalue weighted by molar-refractivity contribution is 5.21. The van der Waals surface area contributed by atoms with Gasteiger partial charge in [-0.05, 0) is 12.2 Å². The van der Waals surface area contributed by atoms with Crippen LogP contribution in [0.5, 0.6) is 0 Å². The molecule has 0 heterocycles. The van der Waals surface area contributed by atoms with Crippen LogP contribution in [-0.2, 0) is 0 Å². The van der Waals surface area contributed by atoms with Crippen LogP contribution in [0.2, 0.25) is 0 Å². The summed E-state index contributed by atoms with van der Waals surface area (Å²) in [6.07, 6.45) is 1.82. The average Bonchev–Trinajstić information content (AvgIpc) is 1.94. The Hall–Kier alpha value is -1.39. The van der Waals surface area contributed by atoms with Crippen molar-refractivity contribution in [1.82, 2.24) is 0 Å². The van der Waals surface area contributed by atoms with Crippen LogP contribution in [0.15, 0.2) is 23.7 Å². The summed E-state index contributed by atoms with van der Waals surface area (Å²) in [7, 11) is 0. The first kappa shape index (κ1) is 7.71. The van der Waals surface area contributed by atoms with Gasteiger partial charge in [-0.15, -0.1) is 0 Å². The second-order valence-corrected chi connectivity index (χ2v) is 2.21. The van der Waals surface area contributed by atoms with Gasteiger partial charge in [0.05, 0.1) is 6.42 Å². The van der Waals surface area contributed by atoms with Gasteiger partial charge in [0.2, 0.25) is 6.04 Å². The van der Waals surface area contributed by atoms with Crippen LogP contribution >= 0.6 is 0 Å². The molecule has 0 aromatic heterocycles. The number of halogens is 1. The lowest BCUT2D eigenvalue weighted by molar-refractivity contribution is -0.509. The summed E-state index contributed by atoms with van der Waals surface area (Å²) >= 11 is 0. The molecular weight excluding hydrogens is 153 g/mol. The number of aliphatic hydroxyl groups is 1. The van der Waals surface area contributed by atoms with E-state index in [1.54, 1.807) is 0 Å². The molecule has 0 spiro atoms. The number of allylic oxidation sites excluding steroid dienone is 1. The number of nitrogens with zero attached hydrogens (tertiary/aromatic N) is 1. The van der Waals surface area contributed by atoms with E-state index in [1.165, 1.54) is 6.08 Å². The van der Waals surface area contributed by atoms with Crippen LogP contribution in [0.3, 0.4) is 0 Å². The second-order valence-electron chi connectivity index (χ2n) is 2.21. The van der Waals surface area contributed by atoms with E-state index in [0.29, 0.717) is 0 Å². The molecule has 0 radical (unpaired) electrons. The van der Waals surface area contributed by atoms with Gasteiger partial charge in [-0.3, -0.25) is 10.1 Å². The molecule has 0 aliphatic heterocycles. The maximum atomic E-state index is 12.5. The minimum absolute atomic E-state index is 0.352. The minimum atomic E-state index is -1.04. The van der Waals surface area contributed by atoms with Crippen molar-refractivity contribution in [3.63, 3.8) is 0 Å². The highest BCUT2D eigenvalue weighted by atomic mass is 19.1. The Bertz CT molecular complexity index is 246. The smallest absolute Gasteiger partial charge is 0.238 e. The monoisotopic (exact) mass is 159 g/mol. The van der Waals surface area contributed by atoms with Gasteiger partial charge in [-0.2, -0.15) is 0 Å². The Morgan fingerprint density at radius 1 is 1.82 bits per heavy atom. The van der Waals surface area contributed by atoms with Crippen LogP contribution in [0.1, 0.15) is 6.42 Å². The highest BCUT2D eigenvalue weighted by Crippen LogP contribution is 2.19. The fourth-order valence-corrected chi connectivity index (χ4v) is 0.794. The van der Waals surface area contributed by atoms with E-state index in [9.17, 15) is 14.5 Å². The zero-order valence-electron chi connectivity index (χ0n) is 5.53. The number of hydrogen-bond donors (Lipinski definition) is 1. The summed E-state index contributed by atoms with van der Waals surface area (Å²) in [5.41, 5.74) is 0. The van der Waals surface area contributed by atoms with Crippen molar-refractivity contribution in [2.75, 3.05) is 0 Å². The zero-order chi connectivity index (χ0) is 8.43. The van der Waals surface area contributed by atoms with Crippen LogP contribution in [-0.4, -0.2) is 16.1 Å². The summed E-state index contributed by atoms with van der Waals surface area (Å²) in [6.45, 7) is 0. The summed E-state index contributed by atoms with van der Waals surface area (Å²) in [5, 5.41) is 18.8. The van der Waals surface area contributed by atoms with E-state index in [4.69, 9.17) is 5.11 Å². The van der Waals surface area contributed by atoms with Gasteiger partial charge in [-0.25, -0.2) is 4.39 Å².